The van der Waals surface area contributed by atoms with Crippen molar-refractivity contribution >= 4 is 7.69 Å². The lowest BCUT2D eigenvalue weighted by molar-refractivity contribution is 0.0740. The minimum Gasteiger partial charge on any atom is -0.413 e. The van der Waals surface area contributed by atoms with Crippen molar-refractivity contribution in [3.05, 3.63) is 0 Å². The van der Waals surface area contributed by atoms with E-state index in [1.165, 1.54) is 7.69 Å². The molecule has 1 radical (unpaired) electrons. The predicted octanol–water partition coefficient (Wildman–Crippen LogP) is 2.40. The van der Waals surface area contributed by atoms with Gasteiger partial charge in [-0.2, -0.15) is 0 Å². The largest absolute Gasteiger partial charge is 0.488 e. The molecule has 0 aliphatic heterocycles. The van der Waals surface area contributed by atoms with E-state index in [1.54, 1.807) is 0 Å². The van der Waals surface area contributed by atoms with Gasteiger partial charge in [-0.25, -0.2) is 0 Å². The molecular formula is C9H20BO2. The SMILES string of the molecule is CCC(C)(C)O[B]OCC(C)C. The van der Waals surface area contributed by atoms with Gasteiger partial charge in [0.25, 0.3) is 0 Å². The van der Waals surface area contributed by atoms with Crippen molar-refractivity contribution in [2.24, 2.45) is 5.92 Å². The van der Waals surface area contributed by atoms with Crippen LogP contribution in [-0.4, -0.2) is 19.9 Å². The first-order valence-electron chi connectivity index (χ1n) is 4.59. The molecule has 0 aromatic heterocycles. The molecule has 0 spiro atoms. The molecule has 0 saturated heterocycles. The minimum atomic E-state index is -0.100. The van der Waals surface area contributed by atoms with E-state index < -0.39 is 0 Å². The van der Waals surface area contributed by atoms with E-state index in [0.717, 1.165) is 13.0 Å². The first kappa shape index (κ1) is 12.0. The maximum Gasteiger partial charge on any atom is 0.488 e. The third kappa shape index (κ3) is 6.68. The average Bonchev–Trinajstić information content (AvgIpc) is 1.98. The first-order chi connectivity index (χ1) is 5.48. The molecule has 12 heavy (non-hydrogen) atoms. The molecule has 0 atom stereocenters. The van der Waals surface area contributed by atoms with Crippen LogP contribution in [0.25, 0.3) is 0 Å². The monoisotopic (exact) mass is 171 g/mol. The maximum absolute atomic E-state index is 5.38. The molecule has 0 saturated carbocycles. The van der Waals surface area contributed by atoms with Gasteiger partial charge in [0.2, 0.25) is 0 Å². The average molecular weight is 171 g/mol. The van der Waals surface area contributed by atoms with E-state index in [1.807, 2.05) is 13.8 Å². The van der Waals surface area contributed by atoms with Crippen molar-refractivity contribution < 1.29 is 9.31 Å². The van der Waals surface area contributed by atoms with Gasteiger partial charge in [0.15, 0.2) is 0 Å². The molecule has 2 nitrogen and oxygen atoms in total. The molecule has 0 fully saturated rings. The van der Waals surface area contributed by atoms with Gasteiger partial charge < -0.3 is 9.31 Å². The Morgan fingerprint density at radius 2 is 1.92 bits per heavy atom. The second-order valence-corrected chi connectivity index (χ2v) is 4.05. The molecular weight excluding hydrogens is 151 g/mol. The van der Waals surface area contributed by atoms with Gasteiger partial charge in [-0.05, 0) is 26.2 Å². The zero-order valence-corrected chi connectivity index (χ0v) is 8.89. The summed E-state index contributed by atoms with van der Waals surface area (Å²) in [5, 5.41) is 0. The van der Waals surface area contributed by atoms with Gasteiger partial charge in [0, 0.05) is 12.2 Å². The van der Waals surface area contributed by atoms with E-state index in [0.29, 0.717) is 5.92 Å². The second kappa shape index (κ2) is 5.60. The highest BCUT2D eigenvalue weighted by atomic mass is 16.6. The fraction of sp³-hybridized carbons (Fsp3) is 1.00. The van der Waals surface area contributed by atoms with E-state index in [-0.39, 0.29) is 5.60 Å². The lowest BCUT2D eigenvalue weighted by Gasteiger charge is -2.23. The Balaban J connectivity index is 3.31. The Kier molecular flexibility index (Phi) is 5.59. The topological polar surface area (TPSA) is 18.5 Å². The molecule has 0 amide bonds. The summed E-state index contributed by atoms with van der Waals surface area (Å²) in [6.45, 7) is 11.1. The van der Waals surface area contributed by atoms with Crippen LogP contribution < -0.4 is 0 Å². The minimum absolute atomic E-state index is 0.100. The molecule has 0 aliphatic carbocycles. The van der Waals surface area contributed by atoms with Crippen molar-refractivity contribution in [1.29, 1.82) is 0 Å². The van der Waals surface area contributed by atoms with Gasteiger partial charge >= 0.3 is 7.69 Å². The fourth-order valence-corrected chi connectivity index (χ4v) is 0.479. The van der Waals surface area contributed by atoms with Gasteiger partial charge in [-0.1, -0.05) is 20.8 Å². The van der Waals surface area contributed by atoms with Crippen LogP contribution in [0.15, 0.2) is 0 Å². The Labute approximate surface area is 76.9 Å². The standard InChI is InChI=1S/C9H20BO2/c1-6-9(4,5)12-10-11-7-8(2)3/h8H,6-7H2,1-5H3. The smallest absolute Gasteiger partial charge is 0.413 e. The maximum atomic E-state index is 5.38. The van der Waals surface area contributed by atoms with Gasteiger partial charge in [0.1, 0.15) is 0 Å². The summed E-state index contributed by atoms with van der Waals surface area (Å²) in [4.78, 5) is 0. The summed E-state index contributed by atoms with van der Waals surface area (Å²) in [6.07, 6.45) is 0.981. The van der Waals surface area contributed by atoms with E-state index in [2.05, 4.69) is 20.8 Å². The zero-order chi connectivity index (χ0) is 9.61. The third-order valence-corrected chi connectivity index (χ3v) is 1.72. The van der Waals surface area contributed by atoms with Crippen molar-refractivity contribution in [2.45, 2.75) is 46.6 Å². The third-order valence-electron chi connectivity index (χ3n) is 1.72. The fourth-order valence-electron chi connectivity index (χ4n) is 0.479. The number of rotatable bonds is 6. The summed E-state index contributed by atoms with van der Waals surface area (Å²) < 4.78 is 10.6. The molecule has 0 rings (SSSR count). The van der Waals surface area contributed by atoms with Crippen molar-refractivity contribution in [1.82, 2.24) is 0 Å². The van der Waals surface area contributed by atoms with Gasteiger partial charge in [-0.3, -0.25) is 0 Å². The first-order valence-corrected chi connectivity index (χ1v) is 4.59. The Morgan fingerprint density at radius 1 is 1.33 bits per heavy atom. The molecule has 0 unspecified atom stereocenters. The Hall–Kier alpha value is -0.0151. The van der Waals surface area contributed by atoms with E-state index in [4.69, 9.17) is 9.31 Å². The van der Waals surface area contributed by atoms with Gasteiger partial charge in [0.05, 0.1) is 0 Å². The predicted molar refractivity (Wildman–Crippen MR) is 52.0 cm³/mol. The van der Waals surface area contributed by atoms with Crippen LogP contribution >= 0.6 is 0 Å². The molecule has 0 heterocycles. The molecule has 3 heteroatoms. The van der Waals surface area contributed by atoms with Crippen molar-refractivity contribution in [3.8, 4) is 0 Å². The summed E-state index contributed by atoms with van der Waals surface area (Å²) in [5.41, 5.74) is -0.100. The van der Waals surface area contributed by atoms with E-state index in [9.17, 15) is 0 Å². The Bertz CT molecular complexity index is 113. The van der Waals surface area contributed by atoms with Gasteiger partial charge in [-0.15, -0.1) is 0 Å². The lowest BCUT2D eigenvalue weighted by Crippen LogP contribution is -2.27. The van der Waals surface area contributed by atoms with Crippen LogP contribution in [0, 0.1) is 5.92 Å². The zero-order valence-electron chi connectivity index (χ0n) is 8.89. The van der Waals surface area contributed by atoms with Crippen LogP contribution in [0.3, 0.4) is 0 Å². The summed E-state index contributed by atoms with van der Waals surface area (Å²) in [6, 6.07) is 0. The van der Waals surface area contributed by atoms with Crippen molar-refractivity contribution in [3.63, 3.8) is 0 Å². The molecule has 0 N–H and O–H groups in total. The highest BCUT2D eigenvalue weighted by Crippen LogP contribution is 2.12. The molecule has 0 aliphatic rings. The highest BCUT2D eigenvalue weighted by Gasteiger charge is 2.15. The number of hydrogen-bond donors (Lipinski definition) is 0. The summed E-state index contributed by atoms with van der Waals surface area (Å²) in [5.74, 6) is 0.551. The summed E-state index contributed by atoms with van der Waals surface area (Å²) >= 11 is 0. The van der Waals surface area contributed by atoms with Crippen LogP contribution in [0.4, 0.5) is 0 Å². The summed E-state index contributed by atoms with van der Waals surface area (Å²) in [7, 11) is 1.46. The van der Waals surface area contributed by atoms with Crippen molar-refractivity contribution in [2.75, 3.05) is 6.61 Å². The lowest BCUT2D eigenvalue weighted by atomic mass is 10.1. The quantitative estimate of drug-likeness (QED) is 0.451. The van der Waals surface area contributed by atoms with Crippen LogP contribution in [-0.2, 0) is 9.31 Å². The van der Waals surface area contributed by atoms with E-state index >= 15 is 0 Å². The number of hydrogen-bond acceptors (Lipinski definition) is 2. The molecule has 0 bridgehead atoms. The Morgan fingerprint density at radius 3 is 2.33 bits per heavy atom. The van der Waals surface area contributed by atoms with Crippen LogP contribution in [0.2, 0.25) is 0 Å². The second-order valence-electron chi connectivity index (χ2n) is 4.05. The molecule has 0 aromatic carbocycles. The molecule has 71 valence electrons. The normalized spacial score (nSPS) is 12.2. The van der Waals surface area contributed by atoms with Crippen LogP contribution in [0.5, 0.6) is 0 Å². The highest BCUT2D eigenvalue weighted by molar-refractivity contribution is 6.18. The molecule has 0 aromatic rings. The van der Waals surface area contributed by atoms with Crippen LogP contribution in [0.1, 0.15) is 41.0 Å².